The average Bonchev–Trinajstić information content (AvgIpc) is 3.26. The van der Waals surface area contributed by atoms with E-state index in [-0.39, 0.29) is 24.5 Å². The van der Waals surface area contributed by atoms with Crippen LogP contribution in [-0.4, -0.2) is 62.2 Å². The van der Waals surface area contributed by atoms with E-state index >= 15 is 0 Å². The number of likely N-dealkylation sites (tertiary alicyclic amines) is 1. The van der Waals surface area contributed by atoms with Crippen molar-refractivity contribution in [3.05, 3.63) is 23.8 Å². The van der Waals surface area contributed by atoms with Gasteiger partial charge < -0.3 is 9.64 Å². The van der Waals surface area contributed by atoms with Gasteiger partial charge in [-0.05, 0) is 24.6 Å². The standard InChI is InChI=1S/C14H12N4O4S/c19-12-7-22-14(21)18(12)9-3-4-17(6-9)13(20)8-1-2-10-11(5-8)16-23-15-10/h1-2,5,9H,3-4,6-7H2. The maximum atomic E-state index is 12.6. The zero-order valence-corrected chi connectivity index (χ0v) is 12.8. The van der Waals surface area contributed by atoms with Gasteiger partial charge in [0.25, 0.3) is 11.8 Å². The zero-order valence-electron chi connectivity index (χ0n) is 12.0. The average molecular weight is 332 g/mol. The van der Waals surface area contributed by atoms with Gasteiger partial charge in [0.2, 0.25) is 0 Å². The topological polar surface area (TPSA) is 92.7 Å². The molecule has 3 heterocycles. The minimum absolute atomic E-state index is 0.137. The molecule has 0 bridgehead atoms. The second-order valence-corrected chi connectivity index (χ2v) is 6.01. The van der Waals surface area contributed by atoms with E-state index in [0.29, 0.717) is 30.6 Å². The third kappa shape index (κ3) is 2.33. The van der Waals surface area contributed by atoms with E-state index in [0.717, 1.165) is 22.1 Å². The Labute approximate surface area is 135 Å². The van der Waals surface area contributed by atoms with E-state index in [1.54, 1.807) is 23.1 Å². The molecule has 0 saturated carbocycles. The lowest BCUT2D eigenvalue weighted by Crippen LogP contribution is -2.42. The lowest BCUT2D eigenvalue weighted by Gasteiger charge is -2.20. The fourth-order valence-electron chi connectivity index (χ4n) is 2.95. The highest BCUT2D eigenvalue weighted by atomic mass is 32.1. The predicted molar refractivity (Wildman–Crippen MR) is 79.9 cm³/mol. The molecular formula is C14H12N4O4S. The van der Waals surface area contributed by atoms with Gasteiger partial charge in [0.1, 0.15) is 11.0 Å². The van der Waals surface area contributed by atoms with Crippen LogP contribution in [0.3, 0.4) is 0 Å². The molecule has 0 aliphatic carbocycles. The molecule has 0 spiro atoms. The number of benzene rings is 1. The van der Waals surface area contributed by atoms with Crippen LogP contribution in [0.25, 0.3) is 11.0 Å². The SMILES string of the molecule is O=C(c1ccc2nsnc2c1)N1CCC(N2C(=O)COC2=O)C1. The molecule has 9 heteroatoms. The Balaban J connectivity index is 1.51. The van der Waals surface area contributed by atoms with Crippen LogP contribution in [0, 0.1) is 0 Å². The minimum atomic E-state index is -0.621. The van der Waals surface area contributed by atoms with Crippen LogP contribution < -0.4 is 0 Å². The largest absolute Gasteiger partial charge is 0.439 e. The molecule has 2 fully saturated rings. The lowest BCUT2D eigenvalue weighted by molar-refractivity contribution is -0.127. The quantitative estimate of drug-likeness (QED) is 0.811. The van der Waals surface area contributed by atoms with Crippen LogP contribution in [0.2, 0.25) is 0 Å². The van der Waals surface area contributed by atoms with Crippen LogP contribution in [0.5, 0.6) is 0 Å². The van der Waals surface area contributed by atoms with Crippen LogP contribution in [0.4, 0.5) is 4.79 Å². The minimum Gasteiger partial charge on any atom is -0.439 e. The van der Waals surface area contributed by atoms with Gasteiger partial charge in [0.15, 0.2) is 6.61 Å². The van der Waals surface area contributed by atoms with Crippen molar-refractivity contribution >= 4 is 40.7 Å². The monoisotopic (exact) mass is 332 g/mol. The van der Waals surface area contributed by atoms with Crippen LogP contribution in [0.1, 0.15) is 16.8 Å². The van der Waals surface area contributed by atoms with E-state index in [9.17, 15) is 14.4 Å². The number of rotatable bonds is 2. The molecular weight excluding hydrogens is 320 g/mol. The molecule has 3 amide bonds. The Morgan fingerprint density at radius 1 is 1.26 bits per heavy atom. The summed E-state index contributed by atoms with van der Waals surface area (Å²) in [4.78, 5) is 38.7. The fraction of sp³-hybridized carbons (Fsp3) is 0.357. The summed E-state index contributed by atoms with van der Waals surface area (Å²) in [5.74, 6) is -0.480. The van der Waals surface area contributed by atoms with E-state index < -0.39 is 6.09 Å². The number of fused-ring (bicyclic) bond motifs is 1. The maximum absolute atomic E-state index is 12.6. The van der Waals surface area contributed by atoms with Gasteiger partial charge in [-0.3, -0.25) is 9.59 Å². The first-order chi connectivity index (χ1) is 11.1. The van der Waals surface area contributed by atoms with Crippen molar-refractivity contribution in [2.75, 3.05) is 19.7 Å². The molecule has 2 aromatic rings. The third-order valence-electron chi connectivity index (χ3n) is 4.10. The number of carbonyl (C=O) groups excluding carboxylic acids is 3. The highest BCUT2D eigenvalue weighted by molar-refractivity contribution is 7.00. The number of cyclic esters (lactones) is 1. The normalized spacial score (nSPS) is 21.3. The van der Waals surface area contributed by atoms with Crippen LogP contribution in [0.15, 0.2) is 18.2 Å². The number of aromatic nitrogens is 2. The first-order valence-corrected chi connectivity index (χ1v) is 7.87. The summed E-state index contributed by atoms with van der Waals surface area (Å²) in [6.07, 6.45) is -0.0585. The molecule has 0 radical (unpaired) electrons. The summed E-state index contributed by atoms with van der Waals surface area (Å²) < 4.78 is 13.0. The van der Waals surface area contributed by atoms with Gasteiger partial charge in [-0.15, -0.1) is 0 Å². The Hall–Kier alpha value is -2.55. The molecule has 1 aromatic heterocycles. The second-order valence-electron chi connectivity index (χ2n) is 5.48. The van der Waals surface area contributed by atoms with Crippen molar-refractivity contribution in [2.24, 2.45) is 0 Å². The van der Waals surface area contributed by atoms with Gasteiger partial charge in [0, 0.05) is 18.7 Å². The number of hydrogen-bond acceptors (Lipinski definition) is 7. The molecule has 2 aliphatic rings. The smallest absolute Gasteiger partial charge is 0.417 e. The molecule has 2 aliphatic heterocycles. The summed E-state index contributed by atoms with van der Waals surface area (Å²) in [5, 5.41) is 0. The van der Waals surface area contributed by atoms with Gasteiger partial charge in [-0.2, -0.15) is 8.75 Å². The Morgan fingerprint density at radius 3 is 2.87 bits per heavy atom. The highest BCUT2D eigenvalue weighted by Crippen LogP contribution is 2.22. The molecule has 2 saturated heterocycles. The summed E-state index contributed by atoms with van der Waals surface area (Å²) in [5.41, 5.74) is 1.98. The van der Waals surface area contributed by atoms with Gasteiger partial charge in [-0.1, -0.05) is 0 Å². The summed E-state index contributed by atoms with van der Waals surface area (Å²) in [6.45, 7) is 0.609. The third-order valence-corrected chi connectivity index (χ3v) is 4.66. The first-order valence-electron chi connectivity index (χ1n) is 7.14. The molecule has 1 aromatic carbocycles. The van der Waals surface area contributed by atoms with E-state index in [2.05, 4.69) is 8.75 Å². The maximum Gasteiger partial charge on any atom is 0.417 e. The Morgan fingerprint density at radius 2 is 2.09 bits per heavy atom. The first kappa shape index (κ1) is 14.1. The summed E-state index contributed by atoms with van der Waals surface area (Å²) in [6, 6.07) is 4.88. The van der Waals surface area contributed by atoms with Crippen molar-refractivity contribution < 1.29 is 19.1 Å². The van der Waals surface area contributed by atoms with Gasteiger partial charge in [-0.25, -0.2) is 9.69 Å². The Bertz CT molecular complexity index is 804. The van der Waals surface area contributed by atoms with Crippen LogP contribution >= 0.6 is 11.7 Å². The van der Waals surface area contributed by atoms with Crippen LogP contribution in [-0.2, 0) is 9.53 Å². The van der Waals surface area contributed by atoms with Gasteiger partial charge >= 0.3 is 6.09 Å². The van der Waals surface area contributed by atoms with E-state index in [4.69, 9.17) is 4.74 Å². The van der Waals surface area contributed by atoms with Crippen molar-refractivity contribution in [3.8, 4) is 0 Å². The van der Waals surface area contributed by atoms with Gasteiger partial charge in [0.05, 0.1) is 17.8 Å². The highest BCUT2D eigenvalue weighted by Gasteiger charge is 2.41. The number of carbonyl (C=O) groups is 3. The molecule has 118 valence electrons. The number of hydrogen-bond donors (Lipinski definition) is 0. The predicted octanol–water partition coefficient (Wildman–Crippen LogP) is 0.885. The molecule has 4 rings (SSSR count). The zero-order chi connectivity index (χ0) is 16.0. The lowest BCUT2D eigenvalue weighted by atomic mass is 10.2. The fourth-order valence-corrected chi connectivity index (χ4v) is 3.47. The summed E-state index contributed by atoms with van der Waals surface area (Å²) >= 11 is 1.10. The number of ether oxygens (including phenoxy) is 1. The van der Waals surface area contributed by atoms with Crippen molar-refractivity contribution in [1.82, 2.24) is 18.5 Å². The molecule has 8 nitrogen and oxygen atoms in total. The van der Waals surface area contributed by atoms with E-state index in [1.807, 2.05) is 0 Å². The molecule has 0 N–H and O–H groups in total. The molecule has 23 heavy (non-hydrogen) atoms. The number of imide groups is 1. The number of amides is 3. The number of nitrogens with zero attached hydrogens (tertiary/aromatic N) is 4. The summed E-state index contributed by atoms with van der Waals surface area (Å²) in [7, 11) is 0. The van der Waals surface area contributed by atoms with E-state index in [1.165, 1.54) is 0 Å². The van der Waals surface area contributed by atoms with Crippen molar-refractivity contribution in [3.63, 3.8) is 0 Å². The second kappa shape index (κ2) is 5.27. The molecule has 1 atom stereocenters. The molecule has 1 unspecified atom stereocenters. The van der Waals surface area contributed by atoms with Crippen molar-refractivity contribution in [1.29, 1.82) is 0 Å². The Kier molecular flexibility index (Phi) is 3.22. The van der Waals surface area contributed by atoms with Crippen molar-refractivity contribution in [2.45, 2.75) is 12.5 Å².